The lowest BCUT2D eigenvalue weighted by atomic mass is 9.97. The number of benzene rings is 2. The molecule has 2 aromatic carbocycles. The monoisotopic (exact) mass is 429 g/mol. The fourth-order valence-corrected chi connectivity index (χ4v) is 4.47. The number of Topliss-reactive ketones (excluding diaryl/α,β-unsaturated/α-hetero) is 1. The predicted molar refractivity (Wildman–Crippen MR) is 118 cm³/mol. The SMILES string of the molecule is C[C@@H]1Cc2cc(C(O)=C3C(=O)C(=O)N(CCc4ccccc4)[C@@H]3c3ccco3)ccc2O1. The number of ether oxygens (including phenoxy) is 1. The van der Waals surface area contributed by atoms with Crippen LogP contribution in [0, 0.1) is 0 Å². The van der Waals surface area contributed by atoms with Gasteiger partial charge in [0.05, 0.1) is 11.8 Å². The van der Waals surface area contributed by atoms with Gasteiger partial charge in [0.2, 0.25) is 0 Å². The van der Waals surface area contributed by atoms with Gasteiger partial charge in [-0.2, -0.15) is 0 Å². The molecule has 2 aliphatic heterocycles. The van der Waals surface area contributed by atoms with Crippen molar-refractivity contribution in [3.63, 3.8) is 0 Å². The van der Waals surface area contributed by atoms with Crippen molar-refractivity contribution in [1.82, 2.24) is 4.90 Å². The van der Waals surface area contributed by atoms with E-state index >= 15 is 0 Å². The van der Waals surface area contributed by atoms with Crippen molar-refractivity contribution in [3.05, 3.63) is 95.0 Å². The van der Waals surface area contributed by atoms with E-state index in [0.29, 0.717) is 24.3 Å². The summed E-state index contributed by atoms with van der Waals surface area (Å²) in [4.78, 5) is 27.5. The van der Waals surface area contributed by atoms with E-state index in [4.69, 9.17) is 9.15 Å². The fourth-order valence-electron chi connectivity index (χ4n) is 4.47. The number of fused-ring (bicyclic) bond motifs is 1. The molecule has 1 fully saturated rings. The topological polar surface area (TPSA) is 80.0 Å². The molecule has 0 radical (unpaired) electrons. The lowest BCUT2D eigenvalue weighted by Gasteiger charge is -2.23. The molecule has 1 N–H and O–H groups in total. The summed E-state index contributed by atoms with van der Waals surface area (Å²) in [6.07, 6.45) is 2.87. The van der Waals surface area contributed by atoms with Crippen LogP contribution in [-0.4, -0.2) is 34.3 Å². The highest BCUT2D eigenvalue weighted by molar-refractivity contribution is 6.46. The number of nitrogens with zero attached hydrogens (tertiary/aromatic N) is 1. The Morgan fingerprint density at radius 3 is 2.66 bits per heavy atom. The zero-order chi connectivity index (χ0) is 22.2. The van der Waals surface area contributed by atoms with Crippen LogP contribution in [0.1, 0.15) is 35.4 Å². The molecule has 2 atom stereocenters. The third-order valence-corrected chi connectivity index (χ3v) is 6.01. The number of aliphatic hydroxyl groups excluding tert-OH is 1. The van der Waals surface area contributed by atoms with Crippen LogP contribution in [0.4, 0.5) is 0 Å². The molecule has 3 aromatic rings. The van der Waals surface area contributed by atoms with Crippen LogP contribution in [0.3, 0.4) is 0 Å². The van der Waals surface area contributed by atoms with Gasteiger partial charge in [-0.25, -0.2) is 0 Å². The number of carbonyl (C=O) groups is 2. The van der Waals surface area contributed by atoms with E-state index in [9.17, 15) is 14.7 Å². The van der Waals surface area contributed by atoms with Crippen LogP contribution in [0.2, 0.25) is 0 Å². The maximum Gasteiger partial charge on any atom is 0.295 e. The van der Waals surface area contributed by atoms with Crippen LogP contribution in [0.15, 0.2) is 76.9 Å². The van der Waals surface area contributed by atoms with Crippen molar-refractivity contribution in [2.75, 3.05) is 6.54 Å². The van der Waals surface area contributed by atoms with Gasteiger partial charge in [0, 0.05) is 18.5 Å². The normalized spacial score (nSPS) is 21.6. The van der Waals surface area contributed by atoms with Crippen LogP contribution >= 0.6 is 0 Å². The number of furan rings is 1. The van der Waals surface area contributed by atoms with Crippen LogP contribution in [-0.2, 0) is 22.4 Å². The average Bonchev–Trinajstić information content (AvgIpc) is 3.51. The Kier molecular flexibility index (Phi) is 5.05. The second-order valence-electron chi connectivity index (χ2n) is 8.20. The molecule has 5 rings (SSSR count). The zero-order valence-electron chi connectivity index (χ0n) is 17.7. The van der Waals surface area contributed by atoms with Gasteiger partial charge in [-0.05, 0) is 54.8 Å². The molecule has 0 unspecified atom stereocenters. The van der Waals surface area contributed by atoms with Crippen molar-refractivity contribution in [3.8, 4) is 5.75 Å². The molecule has 1 aromatic heterocycles. The molecule has 0 saturated carbocycles. The Hall–Kier alpha value is -3.80. The van der Waals surface area contributed by atoms with Gasteiger partial charge >= 0.3 is 0 Å². The quantitative estimate of drug-likeness (QED) is 0.372. The van der Waals surface area contributed by atoms with Crippen LogP contribution in [0.25, 0.3) is 5.76 Å². The Bertz CT molecular complexity index is 1200. The number of hydrogen-bond acceptors (Lipinski definition) is 5. The summed E-state index contributed by atoms with van der Waals surface area (Å²) >= 11 is 0. The van der Waals surface area contributed by atoms with Gasteiger partial charge in [-0.1, -0.05) is 30.3 Å². The number of likely N-dealkylation sites (tertiary alicyclic amines) is 1. The Balaban J connectivity index is 1.54. The lowest BCUT2D eigenvalue weighted by Crippen LogP contribution is -2.31. The molecular formula is C26H23NO5. The van der Waals surface area contributed by atoms with E-state index < -0.39 is 17.7 Å². The molecule has 6 heteroatoms. The summed E-state index contributed by atoms with van der Waals surface area (Å²) in [6, 6.07) is 17.7. The third-order valence-electron chi connectivity index (χ3n) is 6.01. The largest absolute Gasteiger partial charge is 0.507 e. The zero-order valence-corrected chi connectivity index (χ0v) is 17.7. The van der Waals surface area contributed by atoms with Crippen molar-refractivity contribution in [1.29, 1.82) is 0 Å². The van der Waals surface area contributed by atoms with E-state index in [1.54, 1.807) is 24.3 Å². The number of carbonyl (C=O) groups excluding carboxylic acids is 2. The summed E-state index contributed by atoms with van der Waals surface area (Å²) in [5.74, 6) is -0.324. The first kappa shape index (κ1) is 20.1. The smallest absolute Gasteiger partial charge is 0.295 e. The van der Waals surface area contributed by atoms with Gasteiger partial charge in [-0.15, -0.1) is 0 Å². The van der Waals surface area contributed by atoms with Gasteiger partial charge < -0.3 is 19.2 Å². The number of rotatable bonds is 5. The Morgan fingerprint density at radius 1 is 1.09 bits per heavy atom. The van der Waals surface area contributed by atoms with Crippen LogP contribution in [0.5, 0.6) is 5.75 Å². The first-order chi connectivity index (χ1) is 15.5. The van der Waals surface area contributed by atoms with Gasteiger partial charge in [0.15, 0.2) is 0 Å². The molecule has 0 aliphatic carbocycles. The molecular weight excluding hydrogens is 406 g/mol. The molecule has 1 amide bonds. The van der Waals surface area contributed by atoms with Crippen molar-refractivity contribution in [2.45, 2.75) is 31.9 Å². The van der Waals surface area contributed by atoms with Gasteiger partial charge in [0.25, 0.3) is 11.7 Å². The first-order valence-corrected chi connectivity index (χ1v) is 10.7. The molecule has 1 saturated heterocycles. The first-order valence-electron chi connectivity index (χ1n) is 10.7. The Morgan fingerprint density at radius 2 is 1.91 bits per heavy atom. The standard InChI is InChI=1S/C26H23NO5/c1-16-14-19-15-18(9-10-20(19)32-16)24(28)22-23(21-8-5-13-31-21)27(26(30)25(22)29)12-11-17-6-3-2-4-7-17/h2-10,13,15-16,23,28H,11-12,14H2,1H3/t16-,23-/m1/s1. The van der Waals surface area contributed by atoms with Crippen LogP contribution < -0.4 is 4.74 Å². The van der Waals surface area contributed by atoms with E-state index in [1.807, 2.05) is 43.3 Å². The number of hydrogen-bond donors (Lipinski definition) is 1. The summed E-state index contributed by atoms with van der Waals surface area (Å²) < 4.78 is 11.3. The summed E-state index contributed by atoms with van der Waals surface area (Å²) in [5.41, 5.74) is 2.55. The molecule has 2 aliphatic rings. The van der Waals surface area contributed by atoms with Crippen molar-refractivity contribution < 1.29 is 23.8 Å². The third kappa shape index (κ3) is 3.47. The molecule has 0 bridgehead atoms. The molecule has 3 heterocycles. The minimum atomic E-state index is -0.780. The lowest BCUT2D eigenvalue weighted by molar-refractivity contribution is -0.140. The average molecular weight is 429 g/mol. The summed E-state index contributed by atoms with van der Waals surface area (Å²) in [7, 11) is 0. The number of amides is 1. The second kappa shape index (κ2) is 8.04. The van der Waals surface area contributed by atoms with Gasteiger partial charge in [-0.3, -0.25) is 9.59 Å². The Labute approximate surface area is 185 Å². The molecule has 32 heavy (non-hydrogen) atoms. The predicted octanol–water partition coefficient (Wildman–Crippen LogP) is 4.27. The van der Waals surface area contributed by atoms with Crippen molar-refractivity contribution >= 4 is 17.4 Å². The highest BCUT2D eigenvalue weighted by Crippen LogP contribution is 2.40. The fraction of sp³-hybridized carbons (Fsp3) is 0.231. The number of aliphatic hydroxyl groups is 1. The number of ketones is 1. The van der Waals surface area contributed by atoms with Crippen molar-refractivity contribution in [2.24, 2.45) is 0 Å². The molecule has 6 nitrogen and oxygen atoms in total. The van der Waals surface area contributed by atoms with E-state index in [0.717, 1.165) is 23.3 Å². The van der Waals surface area contributed by atoms with E-state index in [-0.39, 0.29) is 17.4 Å². The van der Waals surface area contributed by atoms with Gasteiger partial charge in [0.1, 0.15) is 29.4 Å². The summed E-state index contributed by atoms with van der Waals surface area (Å²) in [6.45, 7) is 2.31. The maximum absolute atomic E-state index is 13.1. The highest BCUT2D eigenvalue weighted by atomic mass is 16.5. The second-order valence-corrected chi connectivity index (χ2v) is 8.20. The minimum absolute atomic E-state index is 0.0462. The van der Waals surface area contributed by atoms with E-state index in [1.165, 1.54) is 11.2 Å². The maximum atomic E-state index is 13.1. The summed E-state index contributed by atoms with van der Waals surface area (Å²) in [5, 5.41) is 11.2. The molecule has 162 valence electrons. The minimum Gasteiger partial charge on any atom is -0.507 e. The highest BCUT2D eigenvalue weighted by Gasteiger charge is 2.47. The van der Waals surface area contributed by atoms with E-state index in [2.05, 4.69) is 0 Å². The molecule has 0 spiro atoms.